The Labute approximate surface area is 163 Å². The van der Waals surface area contributed by atoms with E-state index in [0.717, 1.165) is 48.7 Å². The van der Waals surface area contributed by atoms with E-state index in [1.54, 1.807) is 7.11 Å². The van der Waals surface area contributed by atoms with Crippen LogP contribution in [0.4, 0.5) is 0 Å². The van der Waals surface area contributed by atoms with Crippen LogP contribution in [0.3, 0.4) is 0 Å². The molecular formula is C21H24N2O3S. The molecule has 2 aromatic rings. The Balaban J connectivity index is 1.36. The van der Waals surface area contributed by atoms with Crippen molar-refractivity contribution < 1.29 is 14.3 Å². The summed E-state index contributed by atoms with van der Waals surface area (Å²) < 4.78 is 5.19. The van der Waals surface area contributed by atoms with Gasteiger partial charge >= 0.3 is 0 Å². The van der Waals surface area contributed by atoms with Gasteiger partial charge in [-0.3, -0.25) is 9.59 Å². The number of amides is 2. The van der Waals surface area contributed by atoms with Crippen molar-refractivity contribution in [3.8, 4) is 5.75 Å². The van der Waals surface area contributed by atoms with Crippen LogP contribution >= 0.6 is 11.3 Å². The topological polar surface area (TPSA) is 49.9 Å². The lowest BCUT2D eigenvalue weighted by atomic mass is 9.77. The number of carbonyl (C=O) groups is 2. The molecule has 0 saturated carbocycles. The first-order chi connectivity index (χ1) is 13.1. The van der Waals surface area contributed by atoms with Gasteiger partial charge in [-0.2, -0.15) is 0 Å². The second-order valence-electron chi connectivity index (χ2n) is 7.54. The second-order valence-corrected chi connectivity index (χ2v) is 8.49. The third-order valence-electron chi connectivity index (χ3n) is 5.78. The number of carbonyl (C=O) groups excluding carboxylic acids is 2. The molecular weight excluding hydrogens is 360 g/mol. The van der Waals surface area contributed by atoms with E-state index in [2.05, 4.69) is 0 Å². The van der Waals surface area contributed by atoms with E-state index in [1.807, 2.05) is 51.6 Å². The Hall–Kier alpha value is -2.34. The first kappa shape index (κ1) is 18.0. The normalized spacial score (nSPS) is 18.9. The lowest BCUT2D eigenvalue weighted by Crippen LogP contribution is -2.44. The Morgan fingerprint density at radius 3 is 2.56 bits per heavy atom. The lowest BCUT2D eigenvalue weighted by Gasteiger charge is -2.38. The first-order valence-corrected chi connectivity index (χ1v) is 10.2. The van der Waals surface area contributed by atoms with Crippen LogP contribution in [0.15, 0.2) is 41.8 Å². The summed E-state index contributed by atoms with van der Waals surface area (Å²) in [5, 5.41) is 1.94. The molecule has 0 aliphatic carbocycles. The fraction of sp³-hybridized carbons (Fsp3) is 0.429. The van der Waals surface area contributed by atoms with E-state index in [0.29, 0.717) is 13.0 Å². The first-order valence-electron chi connectivity index (χ1n) is 9.32. The van der Waals surface area contributed by atoms with E-state index in [4.69, 9.17) is 4.74 Å². The number of ether oxygens (including phenoxy) is 1. The van der Waals surface area contributed by atoms with Gasteiger partial charge in [-0.25, -0.2) is 0 Å². The molecule has 2 fully saturated rings. The maximum Gasteiger partial charge on any atom is 0.263 e. The van der Waals surface area contributed by atoms with Crippen molar-refractivity contribution >= 4 is 23.2 Å². The van der Waals surface area contributed by atoms with Gasteiger partial charge in [-0.15, -0.1) is 11.3 Å². The monoisotopic (exact) mass is 384 g/mol. The average Bonchev–Trinajstić information content (AvgIpc) is 3.32. The molecule has 1 spiro atoms. The quantitative estimate of drug-likeness (QED) is 0.812. The summed E-state index contributed by atoms with van der Waals surface area (Å²) in [5.41, 5.74) is 1.14. The van der Waals surface area contributed by atoms with Crippen LogP contribution in [0.25, 0.3) is 0 Å². The molecule has 4 rings (SSSR count). The van der Waals surface area contributed by atoms with Gasteiger partial charge < -0.3 is 14.5 Å². The summed E-state index contributed by atoms with van der Waals surface area (Å²) in [6.45, 7) is 2.90. The number of likely N-dealkylation sites (tertiary alicyclic amines) is 2. The highest BCUT2D eigenvalue weighted by molar-refractivity contribution is 7.12. The van der Waals surface area contributed by atoms with Crippen molar-refractivity contribution in [1.29, 1.82) is 0 Å². The third-order valence-corrected chi connectivity index (χ3v) is 6.64. The number of hydrogen-bond donors (Lipinski definition) is 0. The van der Waals surface area contributed by atoms with Gasteiger partial charge in [0.25, 0.3) is 5.91 Å². The van der Waals surface area contributed by atoms with Gasteiger partial charge in [0.05, 0.1) is 12.0 Å². The lowest BCUT2D eigenvalue weighted by molar-refractivity contribution is -0.128. The summed E-state index contributed by atoms with van der Waals surface area (Å²) in [5.74, 6) is 1.17. The smallest absolute Gasteiger partial charge is 0.263 e. The van der Waals surface area contributed by atoms with Gasteiger partial charge in [0.1, 0.15) is 5.75 Å². The molecule has 142 valence electrons. The summed E-state index contributed by atoms with van der Waals surface area (Å²) in [4.78, 5) is 29.8. The van der Waals surface area contributed by atoms with Gasteiger partial charge in [0.15, 0.2) is 0 Å². The Bertz CT molecular complexity index is 808. The molecule has 27 heavy (non-hydrogen) atoms. The highest BCUT2D eigenvalue weighted by Crippen LogP contribution is 2.41. The molecule has 6 heteroatoms. The van der Waals surface area contributed by atoms with E-state index in [9.17, 15) is 9.59 Å². The molecule has 0 bridgehead atoms. The zero-order chi connectivity index (χ0) is 18.9. The number of thiophene rings is 1. The number of hydrogen-bond acceptors (Lipinski definition) is 4. The minimum absolute atomic E-state index is 0.0236. The molecule has 3 heterocycles. The number of methoxy groups -OCH3 is 1. The van der Waals surface area contributed by atoms with Crippen LogP contribution in [0, 0.1) is 5.41 Å². The van der Waals surface area contributed by atoms with Crippen molar-refractivity contribution in [2.75, 3.05) is 26.7 Å². The number of rotatable bonds is 4. The zero-order valence-corrected chi connectivity index (χ0v) is 16.3. The molecule has 1 aromatic heterocycles. The third kappa shape index (κ3) is 3.72. The van der Waals surface area contributed by atoms with Gasteiger partial charge in [0, 0.05) is 38.0 Å². The Kier molecular flexibility index (Phi) is 4.91. The average molecular weight is 385 g/mol. The summed E-state index contributed by atoms with van der Waals surface area (Å²) in [6.07, 6.45) is 2.40. The molecule has 0 N–H and O–H groups in total. The van der Waals surface area contributed by atoms with Crippen LogP contribution in [0.2, 0.25) is 0 Å². The molecule has 2 aliphatic heterocycles. The van der Waals surface area contributed by atoms with Crippen molar-refractivity contribution in [2.24, 2.45) is 5.41 Å². The molecule has 0 atom stereocenters. The maximum absolute atomic E-state index is 12.6. The SMILES string of the molecule is COc1ccc(CN2CC3(CCN(C(=O)c4cccs4)CC3)CC2=O)cc1. The van der Waals surface area contributed by atoms with E-state index < -0.39 is 0 Å². The van der Waals surface area contributed by atoms with E-state index in [1.165, 1.54) is 11.3 Å². The minimum Gasteiger partial charge on any atom is -0.497 e. The number of nitrogens with zero attached hydrogens (tertiary/aromatic N) is 2. The predicted octanol–water partition coefficient (Wildman–Crippen LogP) is 3.41. The highest BCUT2D eigenvalue weighted by Gasteiger charge is 2.45. The Morgan fingerprint density at radius 1 is 1.19 bits per heavy atom. The minimum atomic E-state index is 0.0236. The van der Waals surface area contributed by atoms with Crippen LogP contribution in [0.5, 0.6) is 5.75 Å². The Morgan fingerprint density at radius 2 is 1.93 bits per heavy atom. The largest absolute Gasteiger partial charge is 0.497 e. The summed E-state index contributed by atoms with van der Waals surface area (Å²) in [6, 6.07) is 11.7. The predicted molar refractivity (Wildman–Crippen MR) is 105 cm³/mol. The molecule has 0 radical (unpaired) electrons. The molecule has 1 aromatic carbocycles. The van der Waals surface area contributed by atoms with Crippen molar-refractivity contribution in [3.63, 3.8) is 0 Å². The number of piperidine rings is 1. The van der Waals surface area contributed by atoms with Crippen molar-refractivity contribution in [2.45, 2.75) is 25.8 Å². The summed E-state index contributed by atoms with van der Waals surface area (Å²) in [7, 11) is 1.65. The molecule has 2 amide bonds. The fourth-order valence-corrected chi connectivity index (χ4v) is 4.84. The molecule has 2 aliphatic rings. The van der Waals surface area contributed by atoms with Crippen LogP contribution < -0.4 is 4.74 Å². The van der Waals surface area contributed by atoms with Crippen molar-refractivity contribution in [3.05, 3.63) is 52.2 Å². The highest BCUT2D eigenvalue weighted by atomic mass is 32.1. The summed E-state index contributed by atoms with van der Waals surface area (Å²) >= 11 is 1.49. The van der Waals surface area contributed by atoms with Crippen LogP contribution in [0.1, 0.15) is 34.5 Å². The zero-order valence-electron chi connectivity index (χ0n) is 15.5. The van der Waals surface area contributed by atoms with E-state index in [-0.39, 0.29) is 17.2 Å². The molecule has 5 nitrogen and oxygen atoms in total. The standard InChI is InChI=1S/C21H24N2O3S/c1-26-17-6-4-16(5-7-17)14-23-15-21(13-19(23)24)8-10-22(11-9-21)20(25)18-3-2-12-27-18/h2-7,12H,8-11,13-15H2,1H3. The van der Waals surface area contributed by atoms with Gasteiger partial charge in [0.2, 0.25) is 5.91 Å². The van der Waals surface area contributed by atoms with Gasteiger partial charge in [-0.05, 0) is 42.0 Å². The van der Waals surface area contributed by atoms with Crippen LogP contribution in [-0.2, 0) is 11.3 Å². The maximum atomic E-state index is 12.6. The van der Waals surface area contributed by atoms with Gasteiger partial charge in [-0.1, -0.05) is 18.2 Å². The van der Waals surface area contributed by atoms with E-state index >= 15 is 0 Å². The molecule has 2 saturated heterocycles. The van der Waals surface area contributed by atoms with Crippen LogP contribution in [-0.4, -0.2) is 48.4 Å². The second kappa shape index (κ2) is 7.35. The van der Waals surface area contributed by atoms with Crippen molar-refractivity contribution in [1.82, 2.24) is 9.80 Å². The number of benzene rings is 1. The molecule has 0 unspecified atom stereocenters. The fourth-order valence-electron chi connectivity index (χ4n) is 4.15.